The van der Waals surface area contributed by atoms with E-state index in [0.29, 0.717) is 35.1 Å². The van der Waals surface area contributed by atoms with E-state index in [4.69, 9.17) is 0 Å². The van der Waals surface area contributed by atoms with E-state index in [2.05, 4.69) is 33.1 Å². The number of carbonyl (C=O) groups is 1. The lowest BCUT2D eigenvalue weighted by atomic mass is 10.1. The van der Waals surface area contributed by atoms with Crippen LogP contribution in [0.1, 0.15) is 49.5 Å². The predicted molar refractivity (Wildman–Crippen MR) is 120 cm³/mol. The molecule has 31 heavy (non-hydrogen) atoms. The van der Waals surface area contributed by atoms with Gasteiger partial charge in [0.15, 0.2) is 4.21 Å². The van der Waals surface area contributed by atoms with Crippen LogP contribution in [0.25, 0.3) is 11.3 Å². The Balaban J connectivity index is 1.93. The van der Waals surface area contributed by atoms with Gasteiger partial charge in [0.1, 0.15) is 11.5 Å². The summed E-state index contributed by atoms with van der Waals surface area (Å²) >= 11 is 1.07. The topological polar surface area (TPSA) is 103 Å². The number of aryl methyl sites for hydroxylation is 1. The lowest BCUT2D eigenvalue weighted by Gasteiger charge is -2.11. The highest BCUT2D eigenvalue weighted by atomic mass is 32.2. The minimum absolute atomic E-state index is 0.00537. The molecule has 0 spiro atoms. The number of sulfonamides is 1. The van der Waals surface area contributed by atoms with E-state index in [0.717, 1.165) is 36.3 Å². The van der Waals surface area contributed by atoms with Gasteiger partial charge in [-0.25, -0.2) is 27.9 Å². The highest BCUT2D eigenvalue weighted by molar-refractivity contribution is 7.92. The Morgan fingerprint density at radius 2 is 1.97 bits per heavy atom. The molecule has 8 nitrogen and oxygen atoms in total. The zero-order valence-electron chi connectivity index (χ0n) is 18.0. The van der Waals surface area contributed by atoms with Gasteiger partial charge in [-0.05, 0) is 18.4 Å². The molecule has 1 N–H and O–H groups in total. The summed E-state index contributed by atoms with van der Waals surface area (Å²) in [4.78, 5) is 20.5. The minimum Gasteiger partial charge on any atom is -0.452 e. The number of hydrogen-bond acceptors (Lipinski definition) is 7. The molecule has 0 saturated heterocycles. The normalized spacial score (nSPS) is 11.6. The fourth-order valence-corrected chi connectivity index (χ4v) is 5.73. The Morgan fingerprint density at radius 3 is 2.58 bits per heavy atom. The van der Waals surface area contributed by atoms with Gasteiger partial charge in [0.25, 0.3) is 10.0 Å². The number of aromatic nitrogens is 3. The predicted octanol–water partition coefficient (Wildman–Crippen LogP) is 4.18. The summed E-state index contributed by atoms with van der Waals surface area (Å²) in [5, 5.41) is 0.701. The van der Waals surface area contributed by atoms with Crippen LogP contribution in [-0.2, 0) is 27.7 Å². The van der Waals surface area contributed by atoms with Crippen molar-refractivity contribution in [1.82, 2.24) is 19.3 Å². The molecule has 2 aromatic heterocycles. The molecule has 3 rings (SSSR count). The van der Waals surface area contributed by atoms with Crippen LogP contribution >= 0.6 is 11.3 Å². The lowest BCUT2D eigenvalue weighted by Crippen LogP contribution is -2.30. The molecule has 0 aliphatic carbocycles. The molecule has 3 aromatic rings. The Kier molecular flexibility index (Phi) is 7.11. The van der Waals surface area contributed by atoms with Gasteiger partial charge in [-0.2, -0.15) is 0 Å². The summed E-state index contributed by atoms with van der Waals surface area (Å²) in [7, 11) is -2.98. The number of thiazole rings is 1. The van der Waals surface area contributed by atoms with Crippen LogP contribution in [-0.4, -0.2) is 36.2 Å². The molecular formula is C21H26N4O4S2. The third-order valence-corrected chi connectivity index (χ3v) is 7.53. The second-order valence-electron chi connectivity index (χ2n) is 7.36. The number of methoxy groups -OCH3 is 1. The Hall–Kier alpha value is -2.72. The Bertz CT molecular complexity index is 1150. The Labute approximate surface area is 186 Å². The first-order valence-corrected chi connectivity index (χ1v) is 12.3. The molecular weight excluding hydrogens is 436 g/mol. The number of imidazole rings is 1. The third-order valence-electron chi connectivity index (χ3n) is 4.60. The van der Waals surface area contributed by atoms with Gasteiger partial charge in [-0.15, -0.1) is 11.3 Å². The molecule has 0 bridgehead atoms. The summed E-state index contributed by atoms with van der Waals surface area (Å²) in [6.45, 7) is 6.87. The summed E-state index contributed by atoms with van der Waals surface area (Å²) < 4.78 is 33.9. The van der Waals surface area contributed by atoms with Crippen molar-refractivity contribution in [3.8, 4) is 11.3 Å². The van der Waals surface area contributed by atoms with Crippen LogP contribution in [0.2, 0.25) is 0 Å². The second kappa shape index (κ2) is 9.61. The number of amides is 1. The van der Waals surface area contributed by atoms with E-state index < -0.39 is 16.1 Å². The van der Waals surface area contributed by atoms with E-state index in [9.17, 15) is 13.2 Å². The van der Waals surface area contributed by atoms with Crippen molar-refractivity contribution in [3.63, 3.8) is 0 Å². The summed E-state index contributed by atoms with van der Waals surface area (Å²) in [6.07, 6.45) is 4.19. The van der Waals surface area contributed by atoms with Gasteiger partial charge in [-0.3, -0.25) is 0 Å². The van der Waals surface area contributed by atoms with E-state index in [1.165, 1.54) is 0 Å². The summed E-state index contributed by atoms with van der Waals surface area (Å²) in [5.41, 5.74) is 2.06. The maximum Gasteiger partial charge on any atom is 0.420 e. The number of nitrogens with zero attached hydrogens (tertiary/aromatic N) is 3. The number of ether oxygens (including phenoxy) is 1. The number of hydrogen-bond donors (Lipinski definition) is 1. The zero-order chi connectivity index (χ0) is 22.6. The van der Waals surface area contributed by atoms with Crippen molar-refractivity contribution < 1.29 is 17.9 Å². The first-order valence-electron chi connectivity index (χ1n) is 9.96. The molecule has 0 aliphatic rings. The SMILES string of the molecule is CCCc1nc(-c2ccc(Cn3ccnc3C(C)C)cc2)c(S(=O)(=O)NC(=O)OC)s1. The highest BCUT2D eigenvalue weighted by Crippen LogP contribution is 2.33. The van der Waals surface area contributed by atoms with Crippen LogP contribution < -0.4 is 4.72 Å². The number of rotatable bonds is 8. The molecule has 0 radical (unpaired) electrons. The van der Waals surface area contributed by atoms with E-state index >= 15 is 0 Å². The molecule has 166 valence electrons. The van der Waals surface area contributed by atoms with Gasteiger partial charge < -0.3 is 9.30 Å². The van der Waals surface area contributed by atoms with Crippen LogP contribution in [0.15, 0.2) is 40.9 Å². The average Bonchev–Trinajstić information content (AvgIpc) is 3.36. The highest BCUT2D eigenvalue weighted by Gasteiger charge is 2.27. The molecule has 1 amide bonds. The van der Waals surface area contributed by atoms with Gasteiger partial charge in [-0.1, -0.05) is 45.0 Å². The van der Waals surface area contributed by atoms with Gasteiger partial charge in [0, 0.05) is 30.4 Å². The van der Waals surface area contributed by atoms with Gasteiger partial charge >= 0.3 is 6.09 Å². The monoisotopic (exact) mass is 462 g/mol. The van der Waals surface area contributed by atoms with Gasteiger partial charge in [0.2, 0.25) is 0 Å². The molecule has 0 fully saturated rings. The number of carbonyl (C=O) groups excluding carboxylic acids is 1. The maximum absolute atomic E-state index is 12.7. The number of benzene rings is 1. The molecule has 10 heteroatoms. The molecule has 1 aromatic carbocycles. The van der Waals surface area contributed by atoms with Crippen LogP contribution in [0.3, 0.4) is 0 Å². The minimum atomic E-state index is -4.10. The molecule has 2 heterocycles. The largest absolute Gasteiger partial charge is 0.452 e. The average molecular weight is 463 g/mol. The van der Waals surface area contributed by atoms with Crippen molar-refractivity contribution in [2.24, 2.45) is 0 Å². The second-order valence-corrected chi connectivity index (χ2v) is 10.3. The van der Waals surface area contributed by atoms with Crippen molar-refractivity contribution in [2.75, 3.05) is 7.11 Å². The van der Waals surface area contributed by atoms with Crippen molar-refractivity contribution in [3.05, 3.63) is 53.1 Å². The molecule has 0 saturated carbocycles. The van der Waals surface area contributed by atoms with E-state index in [1.807, 2.05) is 42.1 Å². The number of nitrogens with one attached hydrogen (secondary N) is 1. The maximum atomic E-state index is 12.7. The van der Waals surface area contributed by atoms with Gasteiger partial charge in [0.05, 0.1) is 12.1 Å². The van der Waals surface area contributed by atoms with Crippen molar-refractivity contribution in [2.45, 2.75) is 50.3 Å². The van der Waals surface area contributed by atoms with Crippen molar-refractivity contribution in [1.29, 1.82) is 0 Å². The standard InChI is InChI=1S/C21H26N4O4S2/c1-5-6-17-23-18(20(30-17)31(27,28)24-21(26)29-4)16-9-7-15(8-10-16)13-25-12-11-22-19(25)14(2)3/h7-12,14H,5-6,13H2,1-4H3,(H,24,26). The third kappa shape index (κ3) is 5.31. The quantitative estimate of drug-likeness (QED) is 0.539. The zero-order valence-corrected chi connectivity index (χ0v) is 19.6. The Morgan fingerprint density at radius 1 is 1.26 bits per heavy atom. The van der Waals surface area contributed by atoms with E-state index in [1.54, 1.807) is 6.20 Å². The van der Waals surface area contributed by atoms with Crippen LogP contribution in [0.5, 0.6) is 0 Å². The molecule has 0 unspecified atom stereocenters. The smallest absolute Gasteiger partial charge is 0.420 e. The fourth-order valence-electron chi connectivity index (χ4n) is 3.15. The lowest BCUT2D eigenvalue weighted by molar-refractivity contribution is 0.177. The van der Waals surface area contributed by atoms with Crippen LogP contribution in [0.4, 0.5) is 4.79 Å². The fraction of sp³-hybridized carbons (Fsp3) is 0.381. The summed E-state index contributed by atoms with van der Waals surface area (Å²) in [5.74, 6) is 1.33. The molecule has 0 aliphatic heterocycles. The van der Waals surface area contributed by atoms with Crippen LogP contribution in [0, 0.1) is 0 Å². The summed E-state index contributed by atoms with van der Waals surface area (Å²) in [6, 6.07) is 7.59. The first-order chi connectivity index (χ1) is 14.7. The molecule has 0 atom stereocenters. The van der Waals surface area contributed by atoms with Crippen molar-refractivity contribution >= 4 is 27.5 Å². The first kappa shape index (κ1) is 23.0. The van der Waals surface area contributed by atoms with E-state index in [-0.39, 0.29) is 4.21 Å².